The summed E-state index contributed by atoms with van der Waals surface area (Å²) in [5.74, 6) is -0.867. The Morgan fingerprint density at radius 1 is 1.43 bits per heavy atom. The van der Waals surface area contributed by atoms with Crippen molar-refractivity contribution in [2.24, 2.45) is 0 Å². The van der Waals surface area contributed by atoms with Gasteiger partial charge in [-0.1, -0.05) is 61.7 Å². The van der Waals surface area contributed by atoms with E-state index in [1.165, 1.54) is 0 Å². The molecule has 2 unspecified atom stereocenters. The third-order valence-corrected chi connectivity index (χ3v) is 4.54. The fourth-order valence-electron chi connectivity index (χ4n) is 1.14. The van der Waals surface area contributed by atoms with Crippen LogP contribution in [0.15, 0.2) is 24.3 Å². The highest BCUT2D eigenvalue weighted by Crippen LogP contribution is 2.31. The first-order valence-corrected chi connectivity index (χ1v) is 5.93. The zero-order valence-electron chi connectivity index (χ0n) is 7.58. The SMILES string of the molecule is Cc1cccc(C(Br)C(Br)C(=O)O)c1. The second-order valence-corrected chi connectivity index (χ2v) is 5.03. The molecule has 0 saturated carbocycles. The predicted molar refractivity (Wildman–Crippen MR) is 63.2 cm³/mol. The Bertz CT molecular complexity index is 339. The largest absolute Gasteiger partial charge is 0.480 e. The van der Waals surface area contributed by atoms with Gasteiger partial charge in [-0.25, -0.2) is 0 Å². The van der Waals surface area contributed by atoms with Gasteiger partial charge in [0.25, 0.3) is 0 Å². The summed E-state index contributed by atoms with van der Waals surface area (Å²) in [6, 6.07) is 7.77. The summed E-state index contributed by atoms with van der Waals surface area (Å²) in [6.45, 7) is 1.98. The maximum atomic E-state index is 10.7. The molecule has 1 aromatic rings. The quantitative estimate of drug-likeness (QED) is 0.867. The van der Waals surface area contributed by atoms with Crippen LogP contribution in [0.1, 0.15) is 16.0 Å². The third kappa shape index (κ3) is 2.82. The van der Waals surface area contributed by atoms with Crippen LogP contribution in [0.25, 0.3) is 0 Å². The normalized spacial score (nSPS) is 14.8. The molecule has 0 aliphatic heterocycles. The molecule has 0 amide bonds. The highest BCUT2D eigenvalue weighted by Gasteiger charge is 2.24. The van der Waals surface area contributed by atoms with Crippen molar-refractivity contribution >= 4 is 37.8 Å². The van der Waals surface area contributed by atoms with Gasteiger partial charge in [-0.05, 0) is 12.5 Å². The van der Waals surface area contributed by atoms with Crippen molar-refractivity contribution in [1.82, 2.24) is 0 Å². The fraction of sp³-hybridized carbons (Fsp3) is 0.300. The first kappa shape index (κ1) is 11.7. The number of carboxylic acids is 1. The first-order valence-electron chi connectivity index (χ1n) is 4.10. The van der Waals surface area contributed by atoms with Crippen LogP contribution in [0.2, 0.25) is 0 Å². The second-order valence-electron chi connectivity index (χ2n) is 3.06. The standard InChI is InChI=1S/C10H10Br2O2/c1-6-3-2-4-7(5-6)8(11)9(12)10(13)14/h2-5,8-9H,1H3,(H,13,14). The molecule has 4 heteroatoms. The minimum atomic E-state index is -0.867. The van der Waals surface area contributed by atoms with Gasteiger partial charge in [-0.3, -0.25) is 4.79 Å². The van der Waals surface area contributed by atoms with Gasteiger partial charge in [0, 0.05) is 0 Å². The Balaban J connectivity index is 2.89. The Kier molecular flexibility index (Phi) is 4.13. The second kappa shape index (κ2) is 4.94. The first-order chi connectivity index (χ1) is 6.52. The highest BCUT2D eigenvalue weighted by molar-refractivity contribution is 9.12. The third-order valence-electron chi connectivity index (χ3n) is 1.85. The topological polar surface area (TPSA) is 37.3 Å². The van der Waals surface area contributed by atoms with Crippen molar-refractivity contribution in [2.75, 3.05) is 0 Å². The van der Waals surface area contributed by atoms with Crippen LogP contribution in [-0.2, 0) is 4.79 Å². The maximum Gasteiger partial charge on any atom is 0.318 e. The lowest BCUT2D eigenvalue weighted by Crippen LogP contribution is -2.17. The maximum absolute atomic E-state index is 10.7. The van der Waals surface area contributed by atoms with E-state index in [-0.39, 0.29) is 4.83 Å². The molecule has 1 N–H and O–H groups in total. The molecular formula is C10H10Br2O2. The Labute approximate surface area is 99.6 Å². The lowest BCUT2D eigenvalue weighted by molar-refractivity contribution is -0.136. The molecule has 0 saturated heterocycles. The van der Waals surface area contributed by atoms with E-state index in [4.69, 9.17) is 5.11 Å². The van der Waals surface area contributed by atoms with Crippen molar-refractivity contribution in [3.8, 4) is 0 Å². The van der Waals surface area contributed by atoms with E-state index in [2.05, 4.69) is 31.9 Å². The molecule has 1 rings (SSSR count). The molecule has 0 heterocycles. The molecule has 2 nitrogen and oxygen atoms in total. The molecule has 0 radical (unpaired) electrons. The van der Waals surface area contributed by atoms with E-state index >= 15 is 0 Å². The number of benzene rings is 1. The highest BCUT2D eigenvalue weighted by atomic mass is 79.9. The minimum Gasteiger partial charge on any atom is -0.480 e. The Morgan fingerprint density at radius 3 is 2.57 bits per heavy atom. The van der Waals surface area contributed by atoms with Crippen LogP contribution in [0.4, 0.5) is 0 Å². The minimum absolute atomic E-state index is 0.208. The number of carbonyl (C=O) groups is 1. The molecule has 76 valence electrons. The van der Waals surface area contributed by atoms with Gasteiger partial charge in [-0.2, -0.15) is 0 Å². The summed E-state index contributed by atoms with van der Waals surface area (Å²) in [6.07, 6.45) is 0. The van der Waals surface area contributed by atoms with Crippen LogP contribution >= 0.6 is 31.9 Å². The average molecular weight is 322 g/mol. The molecular weight excluding hydrogens is 312 g/mol. The number of carboxylic acid groups (broad SMARTS) is 1. The summed E-state index contributed by atoms with van der Waals surface area (Å²) in [7, 11) is 0. The molecule has 1 aromatic carbocycles. The number of alkyl halides is 2. The van der Waals surface area contributed by atoms with Gasteiger partial charge in [0.2, 0.25) is 0 Å². The molecule has 0 bridgehead atoms. The fourth-order valence-corrected chi connectivity index (χ4v) is 1.95. The van der Waals surface area contributed by atoms with Gasteiger partial charge in [-0.15, -0.1) is 0 Å². The number of halogens is 2. The molecule has 0 aliphatic carbocycles. The number of rotatable bonds is 3. The molecule has 0 aliphatic rings. The van der Waals surface area contributed by atoms with Crippen molar-refractivity contribution < 1.29 is 9.90 Å². The monoisotopic (exact) mass is 320 g/mol. The van der Waals surface area contributed by atoms with E-state index < -0.39 is 10.8 Å². The van der Waals surface area contributed by atoms with E-state index in [1.807, 2.05) is 31.2 Å². The van der Waals surface area contributed by atoms with Crippen LogP contribution in [0.3, 0.4) is 0 Å². The lowest BCUT2D eigenvalue weighted by atomic mass is 10.1. The summed E-state index contributed by atoms with van der Waals surface area (Å²) < 4.78 is 0. The van der Waals surface area contributed by atoms with Crippen LogP contribution in [0, 0.1) is 6.92 Å². The molecule has 0 aromatic heterocycles. The summed E-state index contributed by atoms with van der Waals surface area (Å²) in [5, 5.41) is 8.81. The number of hydrogen-bond acceptors (Lipinski definition) is 1. The van der Waals surface area contributed by atoms with Gasteiger partial charge >= 0.3 is 5.97 Å². The predicted octanol–water partition coefficient (Wildman–Crippen LogP) is 3.28. The van der Waals surface area contributed by atoms with E-state index in [0.717, 1.165) is 11.1 Å². The van der Waals surface area contributed by atoms with Crippen molar-refractivity contribution in [2.45, 2.75) is 16.6 Å². The summed E-state index contributed by atoms with van der Waals surface area (Å²) in [4.78, 5) is 9.91. The zero-order valence-corrected chi connectivity index (χ0v) is 10.7. The van der Waals surface area contributed by atoms with Crippen molar-refractivity contribution in [3.05, 3.63) is 35.4 Å². The van der Waals surface area contributed by atoms with E-state index in [0.29, 0.717) is 0 Å². The van der Waals surface area contributed by atoms with Crippen LogP contribution < -0.4 is 0 Å². The van der Waals surface area contributed by atoms with Crippen LogP contribution in [-0.4, -0.2) is 15.9 Å². The Hall–Kier alpha value is -0.350. The molecule has 0 fully saturated rings. The van der Waals surface area contributed by atoms with Crippen LogP contribution in [0.5, 0.6) is 0 Å². The average Bonchev–Trinajstić information content (AvgIpc) is 2.15. The van der Waals surface area contributed by atoms with Gasteiger partial charge in [0.05, 0.1) is 4.83 Å². The lowest BCUT2D eigenvalue weighted by Gasteiger charge is -2.13. The van der Waals surface area contributed by atoms with Gasteiger partial charge in [0.1, 0.15) is 4.83 Å². The zero-order chi connectivity index (χ0) is 10.7. The van der Waals surface area contributed by atoms with Crippen molar-refractivity contribution in [3.63, 3.8) is 0 Å². The molecule has 2 atom stereocenters. The summed E-state index contributed by atoms with van der Waals surface area (Å²) >= 11 is 6.48. The van der Waals surface area contributed by atoms with Gasteiger partial charge < -0.3 is 5.11 Å². The van der Waals surface area contributed by atoms with E-state index in [9.17, 15) is 4.79 Å². The Morgan fingerprint density at radius 2 is 2.07 bits per heavy atom. The number of hydrogen-bond donors (Lipinski definition) is 1. The van der Waals surface area contributed by atoms with E-state index in [1.54, 1.807) is 0 Å². The summed E-state index contributed by atoms with van der Waals surface area (Å²) in [5.41, 5.74) is 2.09. The molecule has 14 heavy (non-hydrogen) atoms. The van der Waals surface area contributed by atoms with Gasteiger partial charge in [0.15, 0.2) is 0 Å². The number of aliphatic carboxylic acids is 1. The van der Waals surface area contributed by atoms with Crippen molar-refractivity contribution in [1.29, 1.82) is 0 Å². The smallest absolute Gasteiger partial charge is 0.318 e. The molecule has 0 spiro atoms. The number of aryl methyl sites for hydroxylation is 1.